The van der Waals surface area contributed by atoms with Crippen molar-refractivity contribution >= 4 is 10.0 Å². The van der Waals surface area contributed by atoms with Crippen molar-refractivity contribution in [2.45, 2.75) is 50.6 Å². The lowest BCUT2D eigenvalue weighted by molar-refractivity contribution is 0.382. The first-order valence-corrected chi connectivity index (χ1v) is 7.10. The predicted molar refractivity (Wildman–Crippen MR) is 60.6 cm³/mol. The number of sulfonamides is 1. The Kier molecular flexibility index (Phi) is 2.79. The van der Waals surface area contributed by atoms with E-state index in [1.807, 2.05) is 11.5 Å². The van der Waals surface area contributed by atoms with Gasteiger partial charge in [-0.2, -0.15) is 0 Å². The third-order valence-corrected chi connectivity index (χ3v) is 4.07. The summed E-state index contributed by atoms with van der Waals surface area (Å²) in [6, 6.07) is 0.367. The molecule has 0 saturated heterocycles. The molecule has 0 spiro atoms. The van der Waals surface area contributed by atoms with Crippen molar-refractivity contribution in [2.75, 3.05) is 0 Å². The van der Waals surface area contributed by atoms with Crippen LogP contribution in [0.5, 0.6) is 0 Å². The van der Waals surface area contributed by atoms with Crippen LogP contribution in [0.4, 0.5) is 0 Å². The van der Waals surface area contributed by atoms with Crippen molar-refractivity contribution in [3.8, 4) is 0 Å². The van der Waals surface area contributed by atoms with E-state index < -0.39 is 10.0 Å². The number of aryl methyl sites for hydroxylation is 1. The number of nitrogens with two attached hydrogens (primary N) is 1. The quantitative estimate of drug-likeness (QED) is 0.845. The van der Waals surface area contributed by atoms with E-state index in [1.54, 1.807) is 0 Å². The van der Waals surface area contributed by atoms with Crippen LogP contribution < -0.4 is 5.14 Å². The van der Waals surface area contributed by atoms with Gasteiger partial charge >= 0.3 is 0 Å². The number of aromatic nitrogens is 2. The molecule has 0 aromatic carbocycles. The van der Waals surface area contributed by atoms with Crippen molar-refractivity contribution in [1.29, 1.82) is 0 Å². The highest BCUT2D eigenvalue weighted by molar-refractivity contribution is 7.89. The molecular weight excluding hydrogens is 226 g/mol. The molecule has 1 aliphatic heterocycles. The standard InChI is InChI=1S/C10H17N3O2S/c1-3-8-5-4-6-9-10(16(11,14)15)12-7(2)13(8)9/h8H,3-6H2,1-2H3,(H2,11,14,15). The highest BCUT2D eigenvalue weighted by Crippen LogP contribution is 2.31. The third-order valence-electron chi connectivity index (χ3n) is 3.21. The van der Waals surface area contributed by atoms with E-state index in [4.69, 9.17) is 5.14 Å². The summed E-state index contributed by atoms with van der Waals surface area (Å²) in [7, 11) is -3.69. The van der Waals surface area contributed by atoms with Gasteiger partial charge in [-0.1, -0.05) is 6.92 Å². The van der Waals surface area contributed by atoms with Gasteiger partial charge in [0.25, 0.3) is 10.0 Å². The number of hydrogen-bond donors (Lipinski definition) is 1. The van der Waals surface area contributed by atoms with Gasteiger partial charge in [0, 0.05) is 6.04 Å². The normalized spacial score (nSPS) is 20.8. The van der Waals surface area contributed by atoms with Crippen LogP contribution in [-0.2, 0) is 16.4 Å². The van der Waals surface area contributed by atoms with Crippen LogP contribution in [-0.4, -0.2) is 18.0 Å². The number of fused-ring (bicyclic) bond motifs is 1. The molecule has 0 saturated carbocycles. The summed E-state index contributed by atoms with van der Waals surface area (Å²) in [5.74, 6) is 0.755. The maximum absolute atomic E-state index is 11.4. The lowest BCUT2D eigenvalue weighted by atomic mass is 10.0. The number of nitrogens with zero attached hydrogens (tertiary/aromatic N) is 2. The Morgan fingerprint density at radius 3 is 2.81 bits per heavy atom. The van der Waals surface area contributed by atoms with Crippen LogP contribution in [0.15, 0.2) is 5.03 Å². The van der Waals surface area contributed by atoms with Crippen molar-refractivity contribution in [3.05, 3.63) is 11.5 Å². The van der Waals surface area contributed by atoms with Gasteiger partial charge in [-0.25, -0.2) is 18.5 Å². The molecular formula is C10H17N3O2S. The zero-order chi connectivity index (χ0) is 11.9. The first kappa shape index (κ1) is 11.6. The molecule has 1 unspecified atom stereocenters. The first-order valence-electron chi connectivity index (χ1n) is 5.55. The fourth-order valence-corrected chi connectivity index (χ4v) is 3.31. The smallest absolute Gasteiger partial charge is 0.257 e. The van der Waals surface area contributed by atoms with Crippen LogP contribution in [0.2, 0.25) is 0 Å². The molecule has 2 rings (SSSR count). The Labute approximate surface area is 95.7 Å². The second-order valence-corrected chi connectivity index (χ2v) is 5.76. The van der Waals surface area contributed by atoms with Gasteiger partial charge in [-0.3, -0.25) is 0 Å². The predicted octanol–water partition coefficient (Wildman–Crippen LogP) is 1.13. The number of imidazole rings is 1. The number of hydrogen-bond acceptors (Lipinski definition) is 3. The fraction of sp³-hybridized carbons (Fsp3) is 0.700. The van der Waals surface area contributed by atoms with Gasteiger partial charge in [0.1, 0.15) is 5.82 Å². The van der Waals surface area contributed by atoms with E-state index in [9.17, 15) is 8.42 Å². The van der Waals surface area contributed by atoms with E-state index in [2.05, 4.69) is 11.9 Å². The van der Waals surface area contributed by atoms with Crippen LogP contribution in [0, 0.1) is 6.92 Å². The molecule has 1 atom stereocenters. The zero-order valence-electron chi connectivity index (χ0n) is 9.60. The molecule has 1 aromatic heterocycles. The second kappa shape index (κ2) is 3.85. The minimum absolute atomic E-state index is 0.0724. The number of primary sulfonamides is 1. The minimum Gasteiger partial charge on any atom is -0.328 e. The van der Waals surface area contributed by atoms with Gasteiger partial charge in [0.05, 0.1) is 5.69 Å². The van der Waals surface area contributed by atoms with Gasteiger partial charge in [-0.05, 0) is 32.6 Å². The summed E-state index contributed by atoms with van der Waals surface area (Å²) < 4.78 is 24.9. The number of rotatable bonds is 2. The monoisotopic (exact) mass is 243 g/mol. The second-order valence-electron chi connectivity index (χ2n) is 4.28. The van der Waals surface area contributed by atoms with Gasteiger partial charge in [0.15, 0.2) is 5.03 Å². The average molecular weight is 243 g/mol. The van der Waals surface area contributed by atoms with E-state index >= 15 is 0 Å². The zero-order valence-corrected chi connectivity index (χ0v) is 10.4. The summed E-state index contributed by atoms with van der Waals surface area (Å²) in [6.07, 6.45) is 3.84. The van der Waals surface area contributed by atoms with Crippen LogP contribution in [0.1, 0.15) is 43.7 Å². The lowest BCUT2D eigenvalue weighted by Gasteiger charge is -2.25. The Bertz CT molecular complexity index is 504. The van der Waals surface area contributed by atoms with Crippen LogP contribution in [0.25, 0.3) is 0 Å². The highest BCUT2D eigenvalue weighted by Gasteiger charge is 2.28. The molecule has 1 aromatic rings. The molecule has 1 aliphatic rings. The molecule has 5 nitrogen and oxygen atoms in total. The Balaban J connectivity index is 2.62. The van der Waals surface area contributed by atoms with Gasteiger partial charge in [0.2, 0.25) is 0 Å². The molecule has 90 valence electrons. The Morgan fingerprint density at radius 1 is 1.56 bits per heavy atom. The molecule has 0 bridgehead atoms. The van der Waals surface area contributed by atoms with E-state index in [1.165, 1.54) is 0 Å². The molecule has 16 heavy (non-hydrogen) atoms. The SMILES string of the molecule is CCC1CCCc2c(S(N)(=O)=O)nc(C)n21. The van der Waals surface area contributed by atoms with E-state index in [0.717, 1.165) is 37.2 Å². The summed E-state index contributed by atoms with van der Waals surface area (Å²) in [6.45, 7) is 3.95. The molecule has 0 aliphatic carbocycles. The van der Waals surface area contributed by atoms with E-state index in [0.29, 0.717) is 6.04 Å². The largest absolute Gasteiger partial charge is 0.328 e. The van der Waals surface area contributed by atoms with Crippen molar-refractivity contribution < 1.29 is 8.42 Å². The van der Waals surface area contributed by atoms with Crippen molar-refractivity contribution in [2.24, 2.45) is 5.14 Å². The first-order chi connectivity index (χ1) is 7.45. The molecule has 0 fully saturated rings. The fourth-order valence-electron chi connectivity index (χ4n) is 2.52. The highest BCUT2D eigenvalue weighted by atomic mass is 32.2. The maximum Gasteiger partial charge on any atom is 0.257 e. The van der Waals surface area contributed by atoms with Crippen LogP contribution in [0.3, 0.4) is 0 Å². The summed E-state index contributed by atoms with van der Waals surface area (Å²) >= 11 is 0. The minimum atomic E-state index is -3.69. The van der Waals surface area contributed by atoms with E-state index in [-0.39, 0.29) is 5.03 Å². The van der Waals surface area contributed by atoms with Crippen molar-refractivity contribution in [3.63, 3.8) is 0 Å². The Morgan fingerprint density at radius 2 is 2.25 bits per heavy atom. The van der Waals surface area contributed by atoms with Gasteiger partial charge < -0.3 is 4.57 Å². The molecule has 6 heteroatoms. The summed E-state index contributed by atoms with van der Waals surface area (Å²) in [4.78, 5) is 4.11. The topological polar surface area (TPSA) is 78.0 Å². The van der Waals surface area contributed by atoms with Crippen LogP contribution >= 0.6 is 0 Å². The third kappa shape index (κ3) is 1.76. The molecule has 2 N–H and O–H groups in total. The summed E-state index contributed by atoms with van der Waals surface area (Å²) in [5, 5.41) is 5.25. The molecule has 2 heterocycles. The Hall–Kier alpha value is -0.880. The van der Waals surface area contributed by atoms with Crippen molar-refractivity contribution in [1.82, 2.24) is 9.55 Å². The molecule has 0 amide bonds. The lowest BCUT2D eigenvalue weighted by Crippen LogP contribution is -2.21. The summed E-state index contributed by atoms with van der Waals surface area (Å²) in [5.41, 5.74) is 0.790. The maximum atomic E-state index is 11.4. The molecule has 0 radical (unpaired) electrons. The van der Waals surface area contributed by atoms with Gasteiger partial charge in [-0.15, -0.1) is 0 Å². The average Bonchev–Trinajstić information content (AvgIpc) is 2.56.